The van der Waals surface area contributed by atoms with Gasteiger partial charge in [0.05, 0.1) is 18.2 Å². The van der Waals surface area contributed by atoms with Gasteiger partial charge in [0.15, 0.2) is 0 Å². The first-order valence-electron chi connectivity index (χ1n) is 9.88. The molecule has 1 aliphatic heterocycles. The predicted octanol–water partition coefficient (Wildman–Crippen LogP) is 3.29. The number of methoxy groups -OCH3 is 1. The fourth-order valence-corrected chi connectivity index (χ4v) is 6.43. The average molecular weight is 463 g/mol. The van der Waals surface area contributed by atoms with E-state index in [0.717, 1.165) is 9.87 Å². The van der Waals surface area contributed by atoms with E-state index in [1.54, 1.807) is 5.38 Å². The zero-order valence-electron chi connectivity index (χ0n) is 17.3. The average Bonchev–Trinajstić information content (AvgIpc) is 3.43. The molecule has 2 heterocycles. The molecule has 31 heavy (non-hydrogen) atoms. The van der Waals surface area contributed by atoms with Crippen molar-refractivity contribution in [3.05, 3.63) is 45.8 Å². The van der Waals surface area contributed by atoms with Crippen LogP contribution < -0.4 is 5.32 Å². The van der Waals surface area contributed by atoms with E-state index >= 15 is 0 Å². The molecule has 4 rings (SSSR count). The summed E-state index contributed by atoms with van der Waals surface area (Å²) in [6, 6.07) is 3.71. The zero-order chi connectivity index (χ0) is 22.5. The van der Waals surface area contributed by atoms with Gasteiger partial charge in [0.1, 0.15) is 9.90 Å². The number of nitrogens with zero attached hydrogens (tertiary/aromatic N) is 1. The van der Waals surface area contributed by atoms with Gasteiger partial charge in [-0.1, -0.05) is 13.8 Å². The Labute approximate surface area is 184 Å². The Morgan fingerprint density at radius 3 is 2.61 bits per heavy atom. The number of thiophene rings is 1. The van der Waals surface area contributed by atoms with Crippen LogP contribution in [0.5, 0.6) is 0 Å². The third kappa shape index (κ3) is 3.74. The molecule has 0 saturated heterocycles. The van der Waals surface area contributed by atoms with Crippen LogP contribution in [0.2, 0.25) is 0 Å². The molecule has 164 valence electrons. The predicted molar refractivity (Wildman–Crippen MR) is 115 cm³/mol. The van der Waals surface area contributed by atoms with Crippen molar-refractivity contribution < 1.29 is 27.5 Å². The van der Waals surface area contributed by atoms with Crippen molar-refractivity contribution in [1.29, 1.82) is 0 Å². The van der Waals surface area contributed by atoms with E-state index in [-0.39, 0.29) is 22.1 Å². The molecule has 8 nitrogen and oxygen atoms in total. The van der Waals surface area contributed by atoms with Crippen LogP contribution in [-0.2, 0) is 21.2 Å². The van der Waals surface area contributed by atoms with Crippen LogP contribution in [0.3, 0.4) is 0 Å². The molecule has 1 fully saturated rings. The number of esters is 1. The largest absolute Gasteiger partial charge is 0.465 e. The first-order chi connectivity index (χ1) is 14.6. The van der Waals surface area contributed by atoms with Gasteiger partial charge in [0.25, 0.3) is 21.8 Å². The maximum absolute atomic E-state index is 12.9. The summed E-state index contributed by atoms with van der Waals surface area (Å²) in [6.45, 7) is 4.04. The van der Waals surface area contributed by atoms with Crippen LogP contribution in [0.15, 0.2) is 28.5 Å². The number of hydrogen-bond acceptors (Lipinski definition) is 7. The number of carbonyl (C=O) groups excluding carboxylic acids is 3. The van der Waals surface area contributed by atoms with Crippen molar-refractivity contribution in [2.75, 3.05) is 12.4 Å². The smallest absolute Gasteiger partial charge is 0.341 e. The second kappa shape index (κ2) is 7.76. The number of sulfonamides is 1. The lowest BCUT2D eigenvalue weighted by molar-refractivity contribution is 0.0600. The van der Waals surface area contributed by atoms with Crippen molar-refractivity contribution in [1.82, 2.24) is 4.31 Å². The first-order valence-corrected chi connectivity index (χ1v) is 12.2. The molecule has 2 aliphatic rings. The molecule has 2 aromatic rings. The molecule has 1 aromatic heterocycles. The van der Waals surface area contributed by atoms with Crippen molar-refractivity contribution in [3.63, 3.8) is 0 Å². The second-order valence-electron chi connectivity index (χ2n) is 8.06. The van der Waals surface area contributed by atoms with Crippen LogP contribution in [-0.4, -0.2) is 43.7 Å². The van der Waals surface area contributed by atoms with E-state index in [1.807, 2.05) is 13.8 Å². The standard InChI is InChI=1S/C21H22N2O6S2/c1-11(2)8-13-10-30-19(17(13)21(26)29-3)22-18(24)12-4-7-15-16(9-12)31(27,28)23(20(15)25)14-5-6-14/h4,7,9-11,14H,5-6,8H2,1-3H3,(H,22,24). The Morgan fingerprint density at radius 1 is 1.29 bits per heavy atom. The normalized spacial score (nSPS) is 17.0. The summed E-state index contributed by atoms with van der Waals surface area (Å²) in [5.41, 5.74) is 1.25. The third-order valence-corrected chi connectivity index (χ3v) is 8.02. The van der Waals surface area contributed by atoms with E-state index in [4.69, 9.17) is 4.74 Å². The highest BCUT2D eigenvalue weighted by Crippen LogP contribution is 2.40. The molecule has 1 aliphatic carbocycles. The summed E-state index contributed by atoms with van der Waals surface area (Å²) >= 11 is 1.21. The molecule has 0 radical (unpaired) electrons. The number of fused-ring (bicyclic) bond motifs is 1. The molecule has 0 atom stereocenters. The van der Waals surface area contributed by atoms with Crippen molar-refractivity contribution in [3.8, 4) is 0 Å². The summed E-state index contributed by atoms with van der Waals surface area (Å²) < 4.78 is 31.4. The third-order valence-electron chi connectivity index (χ3n) is 5.20. The Hall–Kier alpha value is -2.72. The molecule has 10 heteroatoms. The zero-order valence-corrected chi connectivity index (χ0v) is 18.9. The van der Waals surface area contributed by atoms with E-state index < -0.39 is 27.8 Å². The molecular weight excluding hydrogens is 440 g/mol. The summed E-state index contributed by atoms with van der Waals surface area (Å²) in [4.78, 5) is 37.5. The fourth-order valence-electron chi connectivity index (χ4n) is 3.64. The van der Waals surface area contributed by atoms with Gasteiger partial charge in [0.2, 0.25) is 0 Å². The number of nitrogens with one attached hydrogen (secondary N) is 1. The molecule has 0 spiro atoms. The Kier molecular flexibility index (Phi) is 5.38. The van der Waals surface area contributed by atoms with Crippen molar-refractivity contribution in [2.24, 2.45) is 5.92 Å². The highest BCUT2D eigenvalue weighted by molar-refractivity contribution is 7.90. The summed E-state index contributed by atoms with van der Waals surface area (Å²) in [6.07, 6.45) is 1.95. The van der Waals surface area contributed by atoms with Crippen LogP contribution in [0.25, 0.3) is 0 Å². The molecule has 0 unspecified atom stereocenters. The van der Waals surface area contributed by atoms with Crippen LogP contribution in [0.1, 0.15) is 63.3 Å². The number of carbonyl (C=O) groups is 3. The minimum absolute atomic E-state index is 0.0778. The van der Waals surface area contributed by atoms with Gasteiger partial charge in [-0.2, -0.15) is 0 Å². The van der Waals surface area contributed by atoms with Gasteiger partial charge in [0, 0.05) is 11.6 Å². The number of rotatable bonds is 6. The van der Waals surface area contributed by atoms with Crippen molar-refractivity contribution in [2.45, 2.75) is 44.0 Å². The lowest BCUT2D eigenvalue weighted by Crippen LogP contribution is -2.31. The van der Waals surface area contributed by atoms with E-state index in [1.165, 1.54) is 36.6 Å². The van der Waals surface area contributed by atoms with Gasteiger partial charge < -0.3 is 10.1 Å². The maximum Gasteiger partial charge on any atom is 0.341 e. The lowest BCUT2D eigenvalue weighted by Gasteiger charge is -2.13. The van der Waals surface area contributed by atoms with Crippen LogP contribution in [0.4, 0.5) is 5.00 Å². The number of ether oxygens (including phenoxy) is 1. The Bertz CT molecular complexity index is 1190. The number of anilines is 1. The maximum atomic E-state index is 12.9. The quantitative estimate of drug-likeness (QED) is 0.660. The van der Waals surface area contributed by atoms with Gasteiger partial charge in [-0.25, -0.2) is 17.5 Å². The van der Waals surface area contributed by atoms with Crippen LogP contribution >= 0.6 is 11.3 Å². The second-order valence-corrected chi connectivity index (χ2v) is 10.7. The minimum atomic E-state index is -3.96. The van der Waals surface area contributed by atoms with E-state index in [2.05, 4.69) is 5.32 Å². The van der Waals surface area contributed by atoms with Gasteiger partial charge in [-0.15, -0.1) is 11.3 Å². The molecule has 1 saturated carbocycles. The summed E-state index contributed by atoms with van der Waals surface area (Å²) in [5.74, 6) is -1.36. The monoisotopic (exact) mass is 462 g/mol. The topological polar surface area (TPSA) is 110 Å². The summed E-state index contributed by atoms with van der Waals surface area (Å²) in [7, 11) is -2.69. The first kappa shape index (κ1) is 21.5. The highest BCUT2D eigenvalue weighted by Gasteiger charge is 2.48. The number of hydrogen-bond donors (Lipinski definition) is 1. The number of amides is 2. The lowest BCUT2D eigenvalue weighted by atomic mass is 10.0. The number of benzene rings is 1. The SMILES string of the molecule is COC(=O)c1c(CC(C)C)csc1NC(=O)c1ccc2c(c1)S(=O)(=O)N(C1CC1)C2=O. The molecular formula is C21H22N2O6S2. The molecule has 2 amide bonds. The Balaban J connectivity index is 1.64. The van der Waals surface area contributed by atoms with Crippen molar-refractivity contribution >= 4 is 44.1 Å². The van der Waals surface area contributed by atoms with Gasteiger partial charge in [-0.3, -0.25) is 9.59 Å². The fraction of sp³-hybridized carbons (Fsp3) is 0.381. The molecule has 0 bridgehead atoms. The summed E-state index contributed by atoms with van der Waals surface area (Å²) in [5, 5.41) is 4.84. The molecule has 1 aromatic carbocycles. The Morgan fingerprint density at radius 2 is 2.00 bits per heavy atom. The van der Waals surface area contributed by atoms with Crippen LogP contribution in [0, 0.1) is 5.92 Å². The molecule has 1 N–H and O–H groups in total. The highest BCUT2D eigenvalue weighted by atomic mass is 32.2. The van der Waals surface area contributed by atoms with Gasteiger partial charge in [-0.05, 0) is 54.3 Å². The minimum Gasteiger partial charge on any atom is -0.465 e. The van der Waals surface area contributed by atoms with E-state index in [0.29, 0.717) is 35.7 Å². The van der Waals surface area contributed by atoms with Gasteiger partial charge >= 0.3 is 5.97 Å². The van der Waals surface area contributed by atoms with E-state index in [9.17, 15) is 22.8 Å².